The number of thiocarbonyl (C=S) groups is 1. The molecule has 4 nitrogen and oxygen atoms in total. The molecular formula is C11H19BrN4S. The molecule has 0 saturated heterocycles. The second-order valence-electron chi connectivity index (χ2n) is 3.98. The number of hydrogen-bond acceptors (Lipinski definition) is 2. The van der Waals surface area contributed by atoms with E-state index in [9.17, 15) is 0 Å². The molecule has 6 heteroatoms. The van der Waals surface area contributed by atoms with Crippen LogP contribution in [0.3, 0.4) is 0 Å². The number of nitrogens with zero attached hydrogens (tertiary/aromatic N) is 2. The van der Waals surface area contributed by atoms with Crippen LogP contribution in [0, 0.1) is 0 Å². The number of aromatic nitrogens is 2. The molecule has 0 fully saturated rings. The van der Waals surface area contributed by atoms with Gasteiger partial charge in [0.15, 0.2) is 5.11 Å². The van der Waals surface area contributed by atoms with Gasteiger partial charge in [-0.25, -0.2) is 0 Å². The molecule has 96 valence electrons. The lowest BCUT2D eigenvalue weighted by Crippen LogP contribution is -2.40. The van der Waals surface area contributed by atoms with Crippen molar-refractivity contribution in [2.24, 2.45) is 0 Å². The summed E-state index contributed by atoms with van der Waals surface area (Å²) in [5.41, 5.74) is 0. The maximum atomic E-state index is 5.18. The Balaban J connectivity index is 2.10. The average molecular weight is 319 g/mol. The minimum absolute atomic E-state index is 0.428. The Labute approximate surface area is 116 Å². The minimum atomic E-state index is 0.428. The molecule has 1 atom stereocenters. The van der Waals surface area contributed by atoms with E-state index in [0.717, 1.165) is 35.5 Å². The monoisotopic (exact) mass is 318 g/mol. The SMILES string of the molecule is CC[C@@H](C)NC(=S)NCCCn1cc(Br)cn1. The van der Waals surface area contributed by atoms with Crippen LogP contribution in [0.4, 0.5) is 0 Å². The fourth-order valence-electron chi connectivity index (χ4n) is 1.28. The van der Waals surface area contributed by atoms with Gasteiger partial charge in [-0.15, -0.1) is 0 Å². The van der Waals surface area contributed by atoms with Crippen molar-refractivity contribution in [2.75, 3.05) is 6.54 Å². The Bertz CT molecular complexity index is 353. The van der Waals surface area contributed by atoms with Crippen molar-refractivity contribution in [1.29, 1.82) is 0 Å². The van der Waals surface area contributed by atoms with Gasteiger partial charge in [0.25, 0.3) is 0 Å². The Hall–Kier alpha value is -0.620. The first-order chi connectivity index (χ1) is 8.11. The van der Waals surface area contributed by atoms with Crippen LogP contribution in [-0.4, -0.2) is 27.5 Å². The van der Waals surface area contributed by atoms with Gasteiger partial charge in [-0.1, -0.05) is 6.92 Å². The molecule has 1 aromatic heterocycles. The van der Waals surface area contributed by atoms with E-state index in [-0.39, 0.29) is 0 Å². The molecule has 1 aromatic rings. The second kappa shape index (κ2) is 7.66. The normalized spacial score (nSPS) is 12.2. The van der Waals surface area contributed by atoms with E-state index < -0.39 is 0 Å². The van der Waals surface area contributed by atoms with Gasteiger partial charge in [-0.05, 0) is 47.9 Å². The molecule has 0 spiro atoms. The Morgan fingerprint density at radius 2 is 2.41 bits per heavy atom. The van der Waals surface area contributed by atoms with E-state index in [1.165, 1.54) is 0 Å². The third-order valence-corrected chi connectivity index (χ3v) is 3.11. The van der Waals surface area contributed by atoms with Crippen LogP contribution in [0.5, 0.6) is 0 Å². The third-order valence-electron chi connectivity index (χ3n) is 2.44. The summed E-state index contributed by atoms with van der Waals surface area (Å²) in [5, 5.41) is 11.3. The molecule has 0 amide bonds. The molecule has 1 heterocycles. The van der Waals surface area contributed by atoms with Crippen molar-refractivity contribution in [3.63, 3.8) is 0 Å². The highest BCUT2D eigenvalue weighted by Crippen LogP contribution is 2.06. The summed E-state index contributed by atoms with van der Waals surface area (Å²) < 4.78 is 2.93. The minimum Gasteiger partial charge on any atom is -0.363 e. The highest BCUT2D eigenvalue weighted by atomic mass is 79.9. The summed E-state index contributed by atoms with van der Waals surface area (Å²) in [4.78, 5) is 0. The highest BCUT2D eigenvalue weighted by molar-refractivity contribution is 9.10. The predicted molar refractivity (Wildman–Crippen MR) is 78.0 cm³/mol. The molecule has 0 aliphatic rings. The summed E-state index contributed by atoms with van der Waals surface area (Å²) in [6.45, 7) is 6.01. The molecule has 0 aliphatic heterocycles. The topological polar surface area (TPSA) is 41.9 Å². The summed E-state index contributed by atoms with van der Waals surface area (Å²) in [5.74, 6) is 0. The molecule has 1 rings (SSSR count). The van der Waals surface area contributed by atoms with Crippen molar-refractivity contribution in [2.45, 2.75) is 39.3 Å². The zero-order valence-electron chi connectivity index (χ0n) is 10.2. The first-order valence-corrected chi connectivity index (χ1v) is 7.04. The van der Waals surface area contributed by atoms with Crippen molar-refractivity contribution >= 4 is 33.3 Å². The number of rotatable bonds is 6. The van der Waals surface area contributed by atoms with Crippen LogP contribution in [-0.2, 0) is 6.54 Å². The van der Waals surface area contributed by atoms with Gasteiger partial charge in [0.1, 0.15) is 0 Å². The average Bonchev–Trinajstić information content (AvgIpc) is 2.70. The molecule has 0 unspecified atom stereocenters. The van der Waals surface area contributed by atoms with Gasteiger partial charge in [0.2, 0.25) is 0 Å². The fourth-order valence-corrected chi connectivity index (χ4v) is 1.91. The molecule has 0 aliphatic carbocycles. The van der Waals surface area contributed by atoms with Crippen molar-refractivity contribution < 1.29 is 0 Å². The number of aryl methyl sites for hydroxylation is 1. The smallest absolute Gasteiger partial charge is 0.166 e. The van der Waals surface area contributed by atoms with Gasteiger partial charge in [-0.3, -0.25) is 4.68 Å². The van der Waals surface area contributed by atoms with Crippen LogP contribution in [0.1, 0.15) is 26.7 Å². The second-order valence-corrected chi connectivity index (χ2v) is 5.31. The summed E-state index contributed by atoms with van der Waals surface area (Å²) >= 11 is 8.55. The highest BCUT2D eigenvalue weighted by Gasteiger charge is 2.00. The molecule has 0 bridgehead atoms. The summed E-state index contributed by atoms with van der Waals surface area (Å²) in [6.07, 6.45) is 5.83. The largest absolute Gasteiger partial charge is 0.363 e. The first-order valence-electron chi connectivity index (χ1n) is 5.84. The lowest BCUT2D eigenvalue weighted by atomic mass is 10.3. The van der Waals surface area contributed by atoms with Gasteiger partial charge in [-0.2, -0.15) is 5.10 Å². The van der Waals surface area contributed by atoms with Gasteiger partial charge >= 0.3 is 0 Å². The van der Waals surface area contributed by atoms with Crippen LogP contribution in [0.25, 0.3) is 0 Å². The molecule has 0 saturated carbocycles. The number of halogens is 1. The van der Waals surface area contributed by atoms with Crippen molar-refractivity contribution in [3.8, 4) is 0 Å². The molecule has 0 aromatic carbocycles. The van der Waals surface area contributed by atoms with Crippen LogP contribution in [0.2, 0.25) is 0 Å². The Kier molecular flexibility index (Phi) is 6.50. The number of nitrogens with one attached hydrogen (secondary N) is 2. The van der Waals surface area contributed by atoms with Crippen molar-refractivity contribution in [1.82, 2.24) is 20.4 Å². The van der Waals surface area contributed by atoms with E-state index in [1.807, 2.05) is 10.9 Å². The molecule has 2 N–H and O–H groups in total. The van der Waals surface area contributed by atoms with E-state index in [2.05, 4.69) is 45.5 Å². The lowest BCUT2D eigenvalue weighted by molar-refractivity contribution is 0.566. The molecular weight excluding hydrogens is 300 g/mol. The predicted octanol–water partition coefficient (Wildman–Crippen LogP) is 2.30. The van der Waals surface area contributed by atoms with Crippen molar-refractivity contribution in [3.05, 3.63) is 16.9 Å². The number of hydrogen-bond donors (Lipinski definition) is 2. The lowest BCUT2D eigenvalue weighted by Gasteiger charge is -2.15. The summed E-state index contributed by atoms with van der Waals surface area (Å²) in [6, 6.07) is 0.428. The van der Waals surface area contributed by atoms with Crippen LogP contribution in [0.15, 0.2) is 16.9 Å². The maximum Gasteiger partial charge on any atom is 0.166 e. The third kappa shape index (κ3) is 6.02. The zero-order valence-corrected chi connectivity index (χ0v) is 12.6. The van der Waals surface area contributed by atoms with E-state index in [4.69, 9.17) is 12.2 Å². The van der Waals surface area contributed by atoms with Gasteiger partial charge < -0.3 is 10.6 Å². The van der Waals surface area contributed by atoms with E-state index >= 15 is 0 Å². The molecule has 17 heavy (non-hydrogen) atoms. The fraction of sp³-hybridized carbons (Fsp3) is 0.636. The molecule has 0 radical (unpaired) electrons. The van der Waals surface area contributed by atoms with Crippen LogP contribution < -0.4 is 10.6 Å². The summed E-state index contributed by atoms with van der Waals surface area (Å²) in [7, 11) is 0. The Morgan fingerprint density at radius 1 is 1.65 bits per heavy atom. The quantitative estimate of drug-likeness (QED) is 0.624. The standard InChI is InChI=1S/C11H19BrN4S/c1-3-9(2)15-11(17)13-5-4-6-16-8-10(12)7-14-16/h7-9H,3-6H2,1-2H3,(H2,13,15,17)/t9-/m1/s1. The van der Waals surface area contributed by atoms with Gasteiger partial charge in [0.05, 0.1) is 10.7 Å². The van der Waals surface area contributed by atoms with Gasteiger partial charge in [0, 0.05) is 25.3 Å². The van der Waals surface area contributed by atoms with E-state index in [0.29, 0.717) is 6.04 Å². The zero-order chi connectivity index (χ0) is 12.7. The Morgan fingerprint density at radius 3 is 3.00 bits per heavy atom. The maximum absolute atomic E-state index is 5.18. The van der Waals surface area contributed by atoms with Crippen LogP contribution >= 0.6 is 28.1 Å². The first kappa shape index (κ1) is 14.4. The van der Waals surface area contributed by atoms with E-state index in [1.54, 1.807) is 6.20 Å².